The Morgan fingerprint density at radius 2 is 1.43 bits per heavy atom. The number of aliphatic carboxylic acids is 1. The minimum Gasteiger partial charge on any atom is -0.478 e. The molecule has 0 aliphatic rings. The number of carboxylic acid groups (broad SMARTS) is 1. The Hall–Kier alpha value is -2.55. The van der Waals surface area contributed by atoms with Crippen LogP contribution in [0.2, 0.25) is 0 Å². The van der Waals surface area contributed by atoms with Crippen LogP contribution in [0.3, 0.4) is 0 Å². The summed E-state index contributed by atoms with van der Waals surface area (Å²) in [5.74, 6) is -0.916. The summed E-state index contributed by atoms with van der Waals surface area (Å²) in [6.07, 6.45) is 1.24. The topological polar surface area (TPSA) is 40.5 Å². The van der Waals surface area contributed by atoms with Gasteiger partial charge in [-0.2, -0.15) is 0 Å². The highest BCUT2D eigenvalue weighted by Gasteiger charge is 2.10. The molecule has 3 nitrogen and oxygen atoms in total. The Morgan fingerprint density at radius 3 is 1.86 bits per heavy atom. The molecule has 0 aromatic heterocycles. The van der Waals surface area contributed by atoms with E-state index in [0.717, 1.165) is 24.3 Å². The highest BCUT2D eigenvalue weighted by Crippen LogP contribution is 2.25. The summed E-state index contributed by atoms with van der Waals surface area (Å²) in [5, 5.41) is 8.87. The van der Waals surface area contributed by atoms with Crippen molar-refractivity contribution >= 4 is 17.3 Å². The molecule has 0 unspecified atom stereocenters. The van der Waals surface area contributed by atoms with Crippen LogP contribution < -0.4 is 4.90 Å². The van der Waals surface area contributed by atoms with Crippen molar-refractivity contribution in [2.24, 2.45) is 0 Å². The lowest BCUT2D eigenvalue weighted by Gasteiger charge is -2.25. The van der Waals surface area contributed by atoms with Crippen molar-refractivity contribution in [2.75, 3.05) is 11.4 Å². The van der Waals surface area contributed by atoms with Gasteiger partial charge in [0.1, 0.15) is 0 Å². The molecular weight excluding hydrogens is 262 g/mol. The zero-order valence-corrected chi connectivity index (χ0v) is 11.9. The summed E-state index contributed by atoms with van der Waals surface area (Å²) in [6.45, 7) is 4.33. The third-order valence-corrected chi connectivity index (χ3v) is 3.30. The fraction of sp³-hybridized carbons (Fsp3) is 0.167. The van der Waals surface area contributed by atoms with Crippen LogP contribution in [0.5, 0.6) is 0 Å². The molecule has 0 aliphatic heterocycles. The van der Waals surface area contributed by atoms with Gasteiger partial charge in [0.25, 0.3) is 0 Å². The molecule has 0 saturated carbocycles. The van der Waals surface area contributed by atoms with Crippen molar-refractivity contribution < 1.29 is 9.90 Å². The van der Waals surface area contributed by atoms with Gasteiger partial charge in [0, 0.05) is 23.5 Å². The molecule has 0 spiro atoms. The first-order valence-electron chi connectivity index (χ1n) is 6.97. The lowest BCUT2D eigenvalue weighted by atomic mass is 10.1. The van der Waals surface area contributed by atoms with Gasteiger partial charge < -0.3 is 10.0 Å². The monoisotopic (exact) mass is 281 g/mol. The summed E-state index contributed by atoms with van der Waals surface area (Å²) in [7, 11) is 0. The maximum Gasteiger partial charge on any atom is 0.330 e. The van der Waals surface area contributed by atoms with Gasteiger partial charge in [0.05, 0.1) is 0 Å². The van der Waals surface area contributed by atoms with Gasteiger partial charge in [-0.25, -0.2) is 4.79 Å². The number of carbonyl (C=O) groups is 1. The number of rotatable bonds is 7. The minimum atomic E-state index is -0.916. The Labute approximate surface area is 125 Å². The summed E-state index contributed by atoms with van der Waals surface area (Å²) in [5.41, 5.74) is 2.46. The van der Waals surface area contributed by atoms with E-state index in [1.54, 1.807) is 0 Å². The number of carboxylic acids is 1. The first-order valence-corrected chi connectivity index (χ1v) is 6.97. The molecule has 0 atom stereocenters. The van der Waals surface area contributed by atoms with E-state index in [-0.39, 0.29) is 5.57 Å². The van der Waals surface area contributed by atoms with Gasteiger partial charge in [-0.1, -0.05) is 43.0 Å². The number of hydrogen-bond acceptors (Lipinski definition) is 2. The predicted molar refractivity (Wildman–Crippen MR) is 85.9 cm³/mol. The molecule has 3 heteroatoms. The van der Waals surface area contributed by atoms with Crippen molar-refractivity contribution in [3.05, 3.63) is 72.8 Å². The number of hydrogen-bond donors (Lipinski definition) is 1. The molecule has 2 aromatic rings. The van der Waals surface area contributed by atoms with Crippen LogP contribution in [-0.4, -0.2) is 17.6 Å². The molecule has 0 radical (unpaired) electrons. The van der Waals surface area contributed by atoms with Crippen molar-refractivity contribution in [1.82, 2.24) is 0 Å². The molecule has 0 heterocycles. The highest BCUT2D eigenvalue weighted by molar-refractivity contribution is 5.85. The predicted octanol–water partition coefficient (Wildman–Crippen LogP) is 4.25. The van der Waals surface area contributed by atoms with Crippen molar-refractivity contribution in [3.8, 4) is 0 Å². The standard InChI is InChI=1S/C18H19NO2/c1-15(18(20)21)9-8-14-19(16-10-4-2-5-11-16)17-12-6-3-7-13-17/h2-7,10-13H,1,8-9,14H2,(H,20,21). The lowest BCUT2D eigenvalue weighted by molar-refractivity contribution is -0.132. The van der Waals surface area contributed by atoms with E-state index in [1.165, 1.54) is 0 Å². The van der Waals surface area contributed by atoms with Crippen LogP contribution in [0, 0.1) is 0 Å². The minimum absolute atomic E-state index is 0.260. The Morgan fingerprint density at radius 1 is 0.952 bits per heavy atom. The fourth-order valence-electron chi connectivity index (χ4n) is 2.18. The summed E-state index contributed by atoms with van der Waals surface area (Å²) in [6, 6.07) is 20.2. The quantitative estimate of drug-likeness (QED) is 0.771. The summed E-state index contributed by atoms with van der Waals surface area (Å²) in [4.78, 5) is 13.0. The van der Waals surface area contributed by atoms with Crippen molar-refractivity contribution in [2.45, 2.75) is 12.8 Å². The second kappa shape index (κ2) is 7.29. The summed E-state index contributed by atoms with van der Waals surface area (Å²) >= 11 is 0. The van der Waals surface area contributed by atoms with Gasteiger partial charge in [-0.15, -0.1) is 0 Å². The SMILES string of the molecule is C=C(CCCN(c1ccccc1)c1ccccc1)C(=O)O. The van der Waals surface area contributed by atoms with Gasteiger partial charge in [-0.3, -0.25) is 0 Å². The molecule has 0 amide bonds. The van der Waals surface area contributed by atoms with Crippen LogP contribution in [0.4, 0.5) is 11.4 Å². The van der Waals surface area contributed by atoms with Crippen LogP contribution in [0.25, 0.3) is 0 Å². The number of benzene rings is 2. The molecule has 108 valence electrons. The lowest BCUT2D eigenvalue weighted by Crippen LogP contribution is -2.18. The third-order valence-electron chi connectivity index (χ3n) is 3.30. The smallest absolute Gasteiger partial charge is 0.330 e. The highest BCUT2D eigenvalue weighted by atomic mass is 16.4. The molecule has 0 aliphatic carbocycles. The van der Waals surface area contributed by atoms with Crippen LogP contribution in [0.15, 0.2) is 72.8 Å². The van der Waals surface area contributed by atoms with E-state index < -0.39 is 5.97 Å². The Kier molecular flexibility index (Phi) is 5.16. The van der Waals surface area contributed by atoms with Crippen LogP contribution in [0.1, 0.15) is 12.8 Å². The molecular formula is C18H19NO2. The first-order chi connectivity index (χ1) is 10.2. The summed E-state index contributed by atoms with van der Waals surface area (Å²) < 4.78 is 0. The maximum absolute atomic E-state index is 10.8. The average molecular weight is 281 g/mol. The number of nitrogens with zero attached hydrogens (tertiary/aromatic N) is 1. The van der Waals surface area contributed by atoms with E-state index in [2.05, 4.69) is 35.7 Å². The molecule has 21 heavy (non-hydrogen) atoms. The molecule has 1 N–H and O–H groups in total. The normalized spacial score (nSPS) is 10.1. The molecule has 2 rings (SSSR count). The number of para-hydroxylation sites is 2. The largest absolute Gasteiger partial charge is 0.478 e. The third kappa shape index (κ3) is 4.21. The molecule has 0 saturated heterocycles. The molecule has 0 fully saturated rings. The van der Waals surface area contributed by atoms with Crippen molar-refractivity contribution in [3.63, 3.8) is 0 Å². The van der Waals surface area contributed by atoms with Gasteiger partial charge >= 0.3 is 5.97 Å². The molecule has 0 bridgehead atoms. The van der Waals surface area contributed by atoms with E-state index in [0.29, 0.717) is 6.42 Å². The second-order valence-corrected chi connectivity index (χ2v) is 4.83. The van der Waals surface area contributed by atoms with E-state index >= 15 is 0 Å². The van der Waals surface area contributed by atoms with E-state index in [4.69, 9.17) is 5.11 Å². The van der Waals surface area contributed by atoms with Gasteiger partial charge in [-0.05, 0) is 37.1 Å². The van der Waals surface area contributed by atoms with Crippen molar-refractivity contribution in [1.29, 1.82) is 0 Å². The zero-order valence-electron chi connectivity index (χ0n) is 11.9. The fourth-order valence-corrected chi connectivity index (χ4v) is 2.18. The van der Waals surface area contributed by atoms with E-state index in [1.807, 2.05) is 36.4 Å². The van der Waals surface area contributed by atoms with Crippen LogP contribution in [-0.2, 0) is 4.79 Å². The van der Waals surface area contributed by atoms with Gasteiger partial charge in [0.15, 0.2) is 0 Å². The van der Waals surface area contributed by atoms with E-state index in [9.17, 15) is 4.79 Å². The zero-order chi connectivity index (χ0) is 15.1. The first kappa shape index (κ1) is 14.9. The second-order valence-electron chi connectivity index (χ2n) is 4.83. The molecule has 2 aromatic carbocycles. The average Bonchev–Trinajstić information content (AvgIpc) is 2.53. The van der Waals surface area contributed by atoms with Crippen LogP contribution >= 0.6 is 0 Å². The number of anilines is 2. The maximum atomic E-state index is 10.8. The Balaban J connectivity index is 2.10. The van der Waals surface area contributed by atoms with Gasteiger partial charge in [0.2, 0.25) is 0 Å². The Bertz CT molecular complexity index is 554.